The van der Waals surface area contributed by atoms with Gasteiger partial charge < -0.3 is 14.7 Å². The number of aliphatic hydroxyl groups is 1. The van der Waals surface area contributed by atoms with Crippen molar-refractivity contribution in [1.29, 1.82) is 0 Å². The third kappa shape index (κ3) is 7.42. The fraction of sp³-hybridized carbons (Fsp3) is 0.250. The first-order chi connectivity index (χ1) is 19.8. The van der Waals surface area contributed by atoms with Gasteiger partial charge in [-0.15, -0.1) is 0 Å². The zero-order valence-electron chi connectivity index (χ0n) is 22.7. The molecule has 4 aromatic carbocycles. The average Bonchev–Trinajstić information content (AvgIpc) is 2.93. The summed E-state index contributed by atoms with van der Waals surface area (Å²) in [5.41, 5.74) is -0.423. The topological polar surface area (TPSA) is 32.7 Å². The lowest BCUT2D eigenvalue weighted by Gasteiger charge is -2.34. The third-order valence-electron chi connectivity index (χ3n) is 6.80. The largest absolute Gasteiger partial charge is 0.457 e. The molecule has 0 heterocycles. The van der Waals surface area contributed by atoms with Gasteiger partial charge in [-0.05, 0) is 65.6 Å². The van der Waals surface area contributed by atoms with Gasteiger partial charge in [-0.3, -0.25) is 0 Å². The molecule has 4 rings (SSSR count). The molecule has 1 unspecified atom stereocenters. The standard InChI is InChI=1S/C32H28F7NO2/c1-20(2)22-5-3-7-27(15-22)42-28-8-4-6-26(17-28)40(18-23-11-14-25(16-29(23)33)32(37,38)39)30(19-41)21-9-12-24(13-10-21)31(34,35)36/h3-17,20,30,41H,18-19H2,1-2H3. The smallest absolute Gasteiger partial charge is 0.416 e. The molecule has 0 aliphatic rings. The highest BCUT2D eigenvalue weighted by atomic mass is 19.4. The summed E-state index contributed by atoms with van der Waals surface area (Å²) in [5.74, 6) is 0.0791. The van der Waals surface area contributed by atoms with E-state index in [1.165, 1.54) is 17.0 Å². The molecule has 0 saturated carbocycles. The summed E-state index contributed by atoms with van der Waals surface area (Å²) in [7, 11) is 0. The van der Waals surface area contributed by atoms with Crippen molar-refractivity contribution >= 4 is 5.69 Å². The molecule has 0 aliphatic carbocycles. The Balaban J connectivity index is 1.74. The summed E-state index contributed by atoms with van der Waals surface area (Å²) >= 11 is 0. The molecule has 1 N–H and O–H groups in total. The first kappa shape index (κ1) is 30.9. The lowest BCUT2D eigenvalue weighted by molar-refractivity contribution is -0.138. The number of halogens is 7. The second-order valence-electron chi connectivity index (χ2n) is 10.1. The molecule has 0 saturated heterocycles. The summed E-state index contributed by atoms with van der Waals surface area (Å²) in [5, 5.41) is 10.4. The van der Waals surface area contributed by atoms with Crippen molar-refractivity contribution in [2.24, 2.45) is 0 Å². The fourth-order valence-electron chi connectivity index (χ4n) is 4.49. The highest BCUT2D eigenvalue weighted by molar-refractivity contribution is 5.54. The number of aliphatic hydroxyl groups excluding tert-OH is 1. The van der Waals surface area contributed by atoms with E-state index in [1.807, 2.05) is 32.0 Å². The van der Waals surface area contributed by atoms with Crippen LogP contribution in [0.15, 0.2) is 91.0 Å². The van der Waals surface area contributed by atoms with Crippen LogP contribution in [0.1, 0.15) is 53.6 Å². The first-order valence-corrected chi connectivity index (χ1v) is 13.0. The number of benzene rings is 4. The molecule has 222 valence electrons. The minimum atomic E-state index is -4.74. The Labute approximate surface area is 238 Å². The number of rotatable bonds is 9. The zero-order chi connectivity index (χ0) is 30.7. The van der Waals surface area contributed by atoms with Gasteiger partial charge in [-0.1, -0.05) is 50.2 Å². The van der Waals surface area contributed by atoms with Gasteiger partial charge in [0, 0.05) is 23.9 Å². The van der Waals surface area contributed by atoms with Crippen LogP contribution in [0.5, 0.6) is 11.5 Å². The summed E-state index contributed by atoms with van der Waals surface area (Å²) in [4.78, 5) is 1.51. The minimum Gasteiger partial charge on any atom is -0.457 e. The molecule has 0 aromatic heterocycles. The maximum atomic E-state index is 14.9. The molecule has 0 radical (unpaired) electrons. The van der Waals surface area contributed by atoms with Crippen LogP contribution in [0.3, 0.4) is 0 Å². The quantitative estimate of drug-likeness (QED) is 0.197. The van der Waals surface area contributed by atoms with Crippen LogP contribution in [0, 0.1) is 5.82 Å². The van der Waals surface area contributed by atoms with E-state index in [0.717, 1.165) is 29.8 Å². The average molecular weight is 592 g/mol. The zero-order valence-corrected chi connectivity index (χ0v) is 22.7. The maximum Gasteiger partial charge on any atom is 0.416 e. The monoisotopic (exact) mass is 591 g/mol. The van der Waals surface area contributed by atoms with E-state index in [0.29, 0.717) is 23.3 Å². The Morgan fingerprint density at radius 1 is 0.714 bits per heavy atom. The van der Waals surface area contributed by atoms with Crippen LogP contribution in [0.25, 0.3) is 0 Å². The second-order valence-corrected chi connectivity index (χ2v) is 10.1. The van der Waals surface area contributed by atoms with Crippen molar-refractivity contribution in [3.63, 3.8) is 0 Å². The Bertz CT molecular complexity index is 1500. The first-order valence-electron chi connectivity index (χ1n) is 13.0. The molecule has 42 heavy (non-hydrogen) atoms. The molecular weight excluding hydrogens is 563 g/mol. The molecule has 4 aromatic rings. The summed E-state index contributed by atoms with van der Waals surface area (Å²) in [6.45, 7) is 3.18. The van der Waals surface area contributed by atoms with Gasteiger partial charge in [0.1, 0.15) is 17.3 Å². The Kier molecular flexibility index (Phi) is 9.15. The lowest BCUT2D eigenvalue weighted by Crippen LogP contribution is -2.31. The van der Waals surface area contributed by atoms with Crippen LogP contribution >= 0.6 is 0 Å². The molecule has 10 heteroatoms. The van der Waals surface area contributed by atoms with Crippen LogP contribution in [-0.2, 0) is 18.9 Å². The molecule has 0 spiro atoms. The molecule has 3 nitrogen and oxygen atoms in total. The highest BCUT2D eigenvalue weighted by Gasteiger charge is 2.33. The maximum absolute atomic E-state index is 14.9. The Morgan fingerprint density at radius 2 is 1.31 bits per heavy atom. The van der Waals surface area contributed by atoms with E-state index in [4.69, 9.17) is 4.74 Å². The summed E-state index contributed by atoms with van der Waals surface area (Å²) in [6, 6.07) is 19.3. The van der Waals surface area contributed by atoms with Crippen molar-refractivity contribution in [2.45, 2.75) is 44.7 Å². The third-order valence-corrected chi connectivity index (χ3v) is 6.80. The van der Waals surface area contributed by atoms with E-state index in [1.54, 1.807) is 30.3 Å². The van der Waals surface area contributed by atoms with Gasteiger partial charge >= 0.3 is 12.4 Å². The van der Waals surface area contributed by atoms with Crippen LogP contribution < -0.4 is 9.64 Å². The fourth-order valence-corrected chi connectivity index (χ4v) is 4.49. The van der Waals surface area contributed by atoms with E-state index >= 15 is 0 Å². The van der Waals surface area contributed by atoms with Gasteiger partial charge in [0.2, 0.25) is 0 Å². The van der Waals surface area contributed by atoms with Gasteiger partial charge in [-0.25, -0.2) is 4.39 Å². The molecule has 0 bridgehead atoms. The van der Waals surface area contributed by atoms with E-state index in [2.05, 4.69) is 0 Å². The minimum absolute atomic E-state index is 0.107. The van der Waals surface area contributed by atoms with Crippen LogP contribution in [0.2, 0.25) is 0 Å². The number of hydrogen-bond acceptors (Lipinski definition) is 3. The number of nitrogens with zero attached hydrogens (tertiary/aromatic N) is 1. The predicted molar refractivity (Wildman–Crippen MR) is 146 cm³/mol. The summed E-state index contributed by atoms with van der Waals surface area (Å²) < 4.78 is 99.9. The predicted octanol–water partition coefficient (Wildman–Crippen LogP) is 9.52. The van der Waals surface area contributed by atoms with Crippen LogP contribution in [0.4, 0.5) is 36.4 Å². The van der Waals surface area contributed by atoms with Crippen molar-refractivity contribution in [3.8, 4) is 11.5 Å². The van der Waals surface area contributed by atoms with Gasteiger partial charge in [0.15, 0.2) is 0 Å². The van der Waals surface area contributed by atoms with Crippen molar-refractivity contribution < 1.29 is 40.6 Å². The molecule has 0 aliphatic heterocycles. The van der Waals surface area contributed by atoms with E-state index in [9.17, 15) is 35.8 Å². The van der Waals surface area contributed by atoms with E-state index in [-0.39, 0.29) is 23.6 Å². The normalized spacial score (nSPS) is 12.8. The molecule has 1 atom stereocenters. The SMILES string of the molecule is CC(C)c1cccc(Oc2cccc(N(Cc3ccc(C(F)(F)F)cc3F)C(CO)c3ccc(C(F)(F)F)cc3)c2)c1. The van der Waals surface area contributed by atoms with Gasteiger partial charge in [0.05, 0.1) is 23.8 Å². The lowest BCUT2D eigenvalue weighted by atomic mass is 10.0. The number of alkyl halides is 6. The molecule has 0 fully saturated rings. The van der Waals surface area contributed by atoms with Crippen molar-refractivity contribution in [2.75, 3.05) is 11.5 Å². The second kappa shape index (κ2) is 12.4. The number of anilines is 1. The Morgan fingerprint density at radius 3 is 1.88 bits per heavy atom. The van der Waals surface area contributed by atoms with Crippen molar-refractivity contribution in [3.05, 3.63) is 125 Å². The molecular formula is C32H28F7NO2. The number of hydrogen-bond donors (Lipinski definition) is 1. The van der Waals surface area contributed by atoms with E-state index < -0.39 is 41.9 Å². The van der Waals surface area contributed by atoms with Crippen molar-refractivity contribution in [1.82, 2.24) is 0 Å². The Hall–Kier alpha value is -4.05. The van der Waals surface area contributed by atoms with Gasteiger partial charge in [0.25, 0.3) is 0 Å². The van der Waals surface area contributed by atoms with Crippen LogP contribution in [-0.4, -0.2) is 11.7 Å². The van der Waals surface area contributed by atoms with Gasteiger partial charge in [-0.2, -0.15) is 26.3 Å². The highest BCUT2D eigenvalue weighted by Crippen LogP contribution is 2.36. The number of ether oxygens (including phenoxy) is 1. The molecule has 0 amide bonds. The summed E-state index contributed by atoms with van der Waals surface area (Å²) in [6.07, 6.45) is -9.32.